The highest BCUT2D eigenvalue weighted by atomic mass is 32.1. The highest BCUT2D eigenvalue weighted by Crippen LogP contribution is 2.28. The second-order valence-corrected chi connectivity index (χ2v) is 6.71. The Morgan fingerprint density at radius 1 is 1.35 bits per heavy atom. The Morgan fingerprint density at radius 2 is 2.19 bits per heavy atom. The van der Waals surface area contributed by atoms with Gasteiger partial charge in [0.2, 0.25) is 11.7 Å². The highest BCUT2D eigenvalue weighted by molar-refractivity contribution is 7.08. The molecule has 0 saturated carbocycles. The van der Waals surface area contributed by atoms with Crippen LogP contribution in [0.4, 0.5) is 0 Å². The fourth-order valence-corrected chi connectivity index (χ4v) is 3.31. The molecule has 8 heteroatoms. The van der Waals surface area contributed by atoms with Gasteiger partial charge in [-0.3, -0.25) is 4.79 Å². The molecule has 0 spiro atoms. The molecule has 2 aromatic heterocycles. The zero-order chi connectivity index (χ0) is 17.9. The van der Waals surface area contributed by atoms with E-state index in [1.165, 1.54) is 0 Å². The lowest BCUT2D eigenvalue weighted by atomic mass is 10.0. The van der Waals surface area contributed by atoms with Gasteiger partial charge in [-0.05, 0) is 23.6 Å². The van der Waals surface area contributed by atoms with Crippen molar-refractivity contribution in [1.29, 1.82) is 0 Å². The van der Waals surface area contributed by atoms with Crippen molar-refractivity contribution < 1.29 is 18.8 Å². The Kier molecular flexibility index (Phi) is 4.57. The van der Waals surface area contributed by atoms with Crippen LogP contribution in [0.1, 0.15) is 11.8 Å². The van der Waals surface area contributed by atoms with Crippen molar-refractivity contribution in [3.05, 3.63) is 47.0 Å². The van der Waals surface area contributed by atoms with E-state index in [0.717, 1.165) is 5.56 Å². The number of hydrogen-bond donors (Lipinski definition) is 0. The number of hydrogen-bond acceptors (Lipinski definition) is 7. The first-order valence-electron chi connectivity index (χ1n) is 8.14. The molecule has 26 heavy (non-hydrogen) atoms. The predicted molar refractivity (Wildman–Crippen MR) is 95.4 cm³/mol. The standard InChI is InChI=1S/C18H17N3O4S/c1-23-14-3-2-4-15(7-14)24-10-16(22)21-8-13(9-21)18-19-17(20-25-18)12-5-6-26-11-12/h2-7,11,13H,8-10H2,1H3. The highest BCUT2D eigenvalue weighted by Gasteiger charge is 2.35. The maximum absolute atomic E-state index is 12.2. The van der Waals surface area contributed by atoms with Crippen molar-refractivity contribution in [1.82, 2.24) is 15.0 Å². The molecule has 0 radical (unpaired) electrons. The van der Waals surface area contributed by atoms with Gasteiger partial charge >= 0.3 is 0 Å². The molecule has 1 saturated heterocycles. The summed E-state index contributed by atoms with van der Waals surface area (Å²) in [6, 6.07) is 9.13. The number of nitrogens with zero attached hydrogens (tertiary/aromatic N) is 3. The summed E-state index contributed by atoms with van der Waals surface area (Å²) in [5, 5.41) is 7.95. The minimum absolute atomic E-state index is 0.0100. The molecule has 3 aromatic rings. The van der Waals surface area contributed by atoms with E-state index in [9.17, 15) is 4.79 Å². The molecule has 0 bridgehead atoms. The van der Waals surface area contributed by atoms with Crippen molar-refractivity contribution in [2.75, 3.05) is 26.8 Å². The molecule has 1 fully saturated rings. The summed E-state index contributed by atoms with van der Waals surface area (Å²) in [7, 11) is 1.59. The van der Waals surface area contributed by atoms with Crippen molar-refractivity contribution in [2.45, 2.75) is 5.92 Å². The van der Waals surface area contributed by atoms with Crippen molar-refractivity contribution in [2.24, 2.45) is 0 Å². The molecule has 0 aliphatic carbocycles. The van der Waals surface area contributed by atoms with Gasteiger partial charge in [-0.1, -0.05) is 11.2 Å². The third kappa shape index (κ3) is 3.41. The molecule has 134 valence electrons. The normalized spacial score (nSPS) is 14.1. The smallest absolute Gasteiger partial charge is 0.260 e. The number of carbonyl (C=O) groups excluding carboxylic acids is 1. The average Bonchev–Trinajstić information content (AvgIpc) is 3.30. The third-order valence-corrected chi connectivity index (χ3v) is 4.89. The Balaban J connectivity index is 1.28. The molecule has 1 amide bonds. The van der Waals surface area contributed by atoms with Crippen LogP contribution in [0.15, 0.2) is 45.6 Å². The fraction of sp³-hybridized carbons (Fsp3) is 0.278. The van der Waals surface area contributed by atoms with E-state index >= 15 is 0 Å². The van der Waals surface area contributed by atoms with Crippen LogP contribution in [0, 0.1) is 0 Å². The van der Waals surface area contributed by atoms with Crippen LogP contribution in [0.2, 0.25) is 0 Å². The summed E-state index contributed by atoms with van der Waals surface area (Å²) in [6.07, 6.45) is 0. The lowest BCUT2D eigenvalue weighted by Crippen LogP contribution is -2.50. The molecule has 0 N–H and O–H groups in total. The van der Waals surface area contributed by atoms with Crippen molar-refractivity contribution in [3.8, 4) is 22.9 Å². The number of rotatable bonds is 6. The summed E-state index contributed by atoms with van der Waals surface area (Å²) in [6.45, 7) is 1.11. The van der Waals surface area contributed by atoms with Gasteiger partial charge in [-0.2, -0.15) is 16.3 Å². The van der Waals surface area contributed by atoms with E-state index in [1.807, 2.05) is 29.0 Å². The van der Waals surface area contributed by atoms with Gasteiger partial charge in [0.25, 0.3) is 5.91 Å². The Labute approximate surface area is 154 Å². The second kappa shape index (κ2) is 7.17. The van der Waals surface area contributed by atoms with Gasteiger partial charge in [0, 0.05) is 30.1 Å². The zero-order valence-corrected chi connectivity index (χ0v) is 14.9. The first-order chi connectivity index (χ1) is 12.7. The number of benzene rings is 1. The minimum atomic E-state index is -0.0679. The summed E-state index contributed by atoms with van der Waals surface area (Å²) in [4.78, 5) is 18.4. The Bertz CT molecular complexity index is 887. The first kappa shape index (κ1) is 16.6. The fourth-order valence-electron chi connectivity index (χ4n) is 2.68. The number of likely N-dealkylation sites (tertiary alicyclic amines) is 1. The average molecular weight is 371 g/mol. The molecular weight excluding hydrogens is 354 g/mol. The van der Waals surface area contributed by atoms with Crippen LogP contribution in [0.25, 0.3) is 11.4 Å². The lowest BCUT2D eigenvalue weighted by molar-refractivity contribution is -0.138. The van der Waals surface area contributed by atoms with Gasteiger partial charge in [-0.25, -0.2) is 0 Å². The van der Waals surface area contributed by atoms with Gasteiger partial charge < -0.3 is 18.9 Å². The maximum atomic E-state index is 12.2. The number of aromatic nitrogens is 2. The van der Waals surface area contributed by atoms with Crippen LogP contribution in [0.5, 0.6) is 11.5 Å². The van der Waals surface area contributed by atoms with Gasteiger partial charge in [0.15, 0.2) is 6.61 Å². The number of ether oxygens (including phenoxy) is 2. The molecule has 1 aliphatic heterocycles. The Hall–Kier alpha value is -2.87. The van der Waals surface area contributed by atoms with E-state index in [2.05, 4.69) is 10.1 Å². The summed E-state index contributed by atoms with van der Waals surface area (Å²) in [5.41, 5.74) is 0.948. The van der Waals surface area contributed by atoms with E-state index in [4.69, 9.17) is 14.0 Å². The van der Waals surface area contributed by atoms with Gasteiger partial charge in [-0.15, -0.1) is 0 Å². The van der Waals surface area contributed by atoms with Crippen LogP contribution in [0.3, 0.4) is 0 Å². The van der Waals surface area contributed by atoms with Gasteiger partial charge in [0.05, 0.1) is 13.0 Å². The monoisotopic (exact) mass is 371 g/mol. The van der Waals surface area contributed by atoms with E-state index in [-0.39, 0.29) is 18.4 Å². The van der Waals surface area contributed by atoms with Crippen LogP contribution in [-0.2, 0) is 4.79 Å². The molecule has 3 heterocycles. The molecule has 1 aliphatic rings. The number of methoxy groups -OCH3 is 1. The third-order valence-electron chi connectivity index (χ3n) is 4.21. The number of thiophene rings is 1. The van der Waals surface area contributed by atoms with Crippen LogP contribution >= 0.6 is 11.3 Å². The minimum Gasteiger partial charge on any atom is -0.497 e. The molecule has 7 nitrogen and oxygen atoms in total. The van der Waals surface area contributed by atoms with Crippen molar-refractivity contribution >= 4 is 17.2 Å². The Morgan fingerprint density at radius 3 is 2.96 bits per heavy atom. The molecule has 0 unspecified atom stereocenters. The summed E-state index contributed by atoms with van der Waals surface area (Å²) in [5.74, 6) is 2.47. The summed E-state index contributed by atoms with van der Waals surface area (Å²) < 4.78 is 16.0. The predicted octanol–water partition coefficient (Wildman–Crippen LogP) is 2.81. The second-order valence-electron chi connectivity index (χ2n) is 5.93. The SMILES string of the molecule is COc1cccc(OCC(=O)N2CC(c3nc(-c4ccsc4)no3)C2)c1. The molecule has 1 aromatic carbocycles. The van der Waals surface area contributed by atoms with Crippen LogP contribution in [-0.4, -0.2) is 47.8 Å². The van der Waals surface area contributed by atoms with E-state index in [1.54, 1.807) is 35.5 Å². The number of carbonyl (C=O) groups is 1. The largest absolute Gasteiger partial charge is 0.497 e. The quantitative estimate of drug-likeness (QED) is 0.663. The van der Waals surface area contributed by atoms with E-state index in [0.29, 0.717) is 36.3 Å². The van der Waals surface area contributed by atoms with Crippen LogP contribution < -0.4 is 9.47 Å². The van der Waals surface area contributed by atoms with Gasteiger partial charge in [0.1, 0.15) is 11.5 Å². The van der Waals surface area contributed by atoms with E-state index < -0.39 is 0 Å². The topological polar surface area (TPSA) is 77.7 Å². The molecule has 4 rings (SSSR count). The maximum Gasteiger partial charge on any atom is 0.260 e. The molecule has 0 atom stereocenters. The number of amides is 1. The lowest BCUT2D eigenvalue weighted by Gasteiger charge is -2.36. The summed E-state index contributed by atoms with van der Waals surface area (Å²) >= 11 is 1.59. The first-order valence-corrected chi connectivity index (χ1v) is 9.08. The molecular formula is C18H17N3O4S. The van der Waals surface area contributed by atoms with Crippen molar-refractivity contribution in [3.63, 3.8) is 0 Å². The zero-order valence-electron chi connectivity index (χ0n) is 14.1.